The van der Waals surface area contributed by atoms with Gasteiger partial charge in [0, 0.05) is 6.54 Å². The van der Waals surface area contributed by atoms with Gasteiger partial charge in [-0.2, -0.15) is 0 Å². The van der Waals surface area contributed by atoms with Gasteiger partial charge in [-0.1, -0.05) is 12.1 Å². The van der Waals surface area contributed by atoms with E-state index in [4.69, 9.17) is 14.9 Å². The number of rotatable bonds is 3. The van der Waals surface area contributed by atoms with Crippen molar-refractivity contribution in [3.63, 3.8) is 0 Å². The molecule has 0 saturated carbocycles. The summed E-state index contributed by atoms with van der Waals surface area (Å²) in [5.74, 6) is 0.124. The third-order valence-electron chi connectivity index (χ3n) is 3.68. The molecule has 1 atom stereocenters. The SMILES string of the molecule is NCc1cc(C(=O)N2CCOC(c3cccc(F)c3)C2)co1. The number of amides is 1. The normalized spacial score (nSPS) is 18.5. The minimum atomic E-state index is -0.325. The van der Waals surface area contributed by atoms with Crippen molar-refractivity contribution in [2.45, 2.75) is 12.6 Å². The van der Waals surface area contributed by atoms with E-state index < -0.39 is 0 Å². The fourth-order valence-electron chi connectivity index (χ4n) is 2.52. The van der Waals surface area contributed by atoms with Crippen LogP contribution in [0.25, 0.3) is 0 Å². The van der Waals surface area contributed by atoms with E-state index in [2.05, 4.69) is 0 Å². The predicted molar refractivity (Wildman–Crippen MR) is 77.6 cm³/mol. The average molecular weight is 304 g/mol. The van der Waals surface area contributed by atoms with Crippen LogP contribution in [0.4, 0.5) is 4.39 Å². The number of furan rings is 1. The van der Waals surface area contributed by atoms with Crippen LogP contribution < -0.4 is 5.73 Å². The zero-order valence-corrected chi connectivity index (χ0v) is 12.0. The molecule has 3 rings (SSSR count). The van der Waals surface area contributed by atoms with Gasteiger partial charge >= 0.3 is 0 Å². The highest BCUT2D eigenvalue weighted by Crippen LogP contribution is 2.24. The lowest BCUT2D eigenvalue weighted by atomic mass is 10.1. The summed E-state index contributed by atoms with van der Waals surface area (Å²) in [5.41, 5.74) is 6.68. The molecule has 2 heterocycles. The second-order valence-corrected chi connectivity index (χ2v) is 5.17. The molecule has 1 aromatic carbocycles. The van der Waals surface area contributed by atoms with Crippen LogP contribution in [0.2, 0.25) is 0 Å². The Balaban J connectivity index is 1.73. The standard InChI is InChI=1S/C16H17FN2O3/c17-13-3-1-2-11(6-13)15-9-19(4-5-21-15)16(20)12-7-14(8-18)22-10-12/h1-3,6-7,10,15H,4-5,8-9,18H2. The lowest BCUT2D eigenvalue weighted by Gasteiger charge is -2.33. The highest BCUT2D eigenvalue weighted by molar-refractivity contribution is 5.94. The molecule has 1 amide bonds. The zero-order chi connectivity index (χ0) is 15.5. The van der Waals surface area contributed by atoms with Gasteiger partial charge in [-0.25, -0.2) is 4.39 Å². The summed E-state index contributed by atoms with van der Waals surface area (Å²) in [7, 11) is 0. The van der Waals surface area contributed by atoms with Gasteiger partial charge in [0.25, 0.3) is 5.91 Å². The van der Waals surface area contributed by atoms with Gasteiger partial charge in [0.2, 0.25) is 0 Å². The van der Waals surface area contributed by atoms with Gasteiger partial charge in [-0.05, 0) is 23.8 Å². The number of benzene rings is 1. The Morgan fingerprint density at radius 3 is 3.00 bits per heavy atom. The molecule has 2 N–H and O–H groups in total. The number of morpholine rings is 1. The highest BCUT2D eigenvalue weighted by Gasteiger charge is 2.27. The van der Waals surface area contributed by atoms with E-state index in [0.29, 0.717) is 31.0 Å². The molecule has 1 fully saturated rings. The third-order valence-corrected chi connectivity index (χ3v) is 3.68. The van der Waals surface area contributed by atoms with Crippen LogP contribution >= 0.6 is 0 Å². The summed E-state index contributed by atoms with van der Waals surface area (Å²) in [6.07, 6.45) is 1.09. The van der Waals surface area contributed by atoms with Gasteiger partial charge < -0.3 is 19.8 Å². The van der Waals surface area contributed by atoms with E-state index in [1.807, 2.05) is 0 Å². The Labute approximate surface area is 127 Å². The first-order valence-electron chi connectivity index (χ1n) is 7.11. The molecular weight excluding hydrogens is 287 g/mol. The minimum Gasteiger partial charge on any atom is -0.467 e. The fraction of sp³-hybridized carbons (Fsp3) is 0.312. The van der Waals surface area contributed by atoms with E-state index in [9.17, 15) is 9.18 Å². The van der Waals surface area contributed by atoms with Crippen LogP contribution in [0, 0.1) is 5.82 Å². The Bertz CT molecular complexity index is 671. The van der Waals surface area contributed by atoms with Gasteiger partial charge in [-0.15, -0.1) is 0 Å². The van der Waals surface area contributed by atoms with Crippen molar-refractivity contribution in [2.24, 2.45) is 5.73 Å². The third kappa shape index (κ3) is 3.03. The van der Waals surface area contributed by atoms with Crippen LogP contribution in [0.3, 0.4) is 0 Å². The molecular formula is C16H17FN2O3. The molecule has 1 unspecified atom stereocenters. The topological polar surface area (TPSA) is 68.7 Å². The summed E-state index contributed by atoms with van der Waals surface area (Å²) >= 11 is 0. The Hall–Kier alpha value is -2.18. The first kappa shape index (κ1) is 14.7. The second kappa shape index (κ2) is 6.29. The number of nitrogens with zero attached hydrogens (tertiary/aromatic N) is 1. The maximum atomic E-state index is 13.3. The number of nitrogens with two attached hydrogens (primary N) is 1. The molecule has 0 bridgehead atoms. The maximum Gasteiger partial charge on any atom is 0.257 e. The number of carbonyl (C=O) groups is 1. The van der Waals surface area contributed by atoms with E-state index in [1.165, 1.54) is 18.4 Å². The molecule has 22 heavy (non-hydrogen) atoms. The minimum absolute atomic E-state index is 0.131. The molecule has 2 aromatic rings. The Kier molecular flexibility index (Phi) is 4.22. The van der Waals surface area contributed by atoms with Crippen molar-refractivity contribution >= 4 is 5.91 Å². The smallest absolute Gasteiger partial charge is 0.257 e. The van der Waals surface area contributed by atoms with Gasteiger partial charge in [0.15, 0.2) is 0 Å². The predicted octanol–water partition coefficient (Wildman–Crippen LogP) is 2.09. The summed E-state index contributed by atoms with van der Waals surface area (Å²) in [6.45, 7) is 1.54. The van der Waals surface area contributed by atoms with Gasteiger partial charge in [-0.3, -0.25) is 4.79 Å². The second-order valence-electron chi connectivity index (χ2n) is 5.17. The number of carbonyl (C=O) groups excluding carboxylic acids is 1. The lowest BCUT2D eigenvalue weighted by Crippen LogP contribution is -2.42. The fourth-order valence-corrected chi connectivity index (χ4v) is 2.52. The summed E-state index contributed by atoms with van der Waals surface area (Å²) in [6, 6.07) is 7.90. The van der Waals surface area contributed by atoms with Gasteiger partial charge in [0.1, 0.15) is 23.9 Å². The van der Waals surface area contributed by atoms with Crippen molar-refractivity contribution in [1.82, 2.24) is 4.90 Å². The first-order valence-corrected chi connectivity index (χ1v) is 7.11. The molecule has 6 heteroatoms. The van der Waals surface area contributed by atoms with Crippen LogP contribution in [0.15, 0.2) is 41.0 Å². The van der Waals surface area contributed by atoms with Crippen molar-refractivity contribution in [3.05, 3.63) is 59.3 Å². The van der Waals surface area contributed by atoms with E-state index in [0.717, 1.165) is 5.56 Å². The summed E-state index contributed by atoms with van der Waals surface area (Å²) < 4.78 is 24.2. The largest absolute Gasteiger partial charge is 0.467 e. The highest BCUT2D eigenvalue weighted by atomic mass is 19.1. The van der Waals surface area contributed by atoms with Crippen LogP contribution in [0.1, 0.15) is 27.8 Å². The van der Waals surface area contributed by atoms with Crippen LogP contribution in [-0.2, 0) is 11.3 Å². The monoisotopic (exact) mass is 304 g/mol. The molecule has 1 aliphatic heterocycles. The van der Waals surface area contributed by atoms with Crippen molar-refractivity contribution in [3.8, 4) is 0 Å². The average Bonchev–Trinajstić information content (AvgIpc) is 3.03. The zero-order valence-electron chi connectivity index (χ0n) is 12.0. The number of hydrogen-bond donors (Lipinski definition) is 1. The van der Waals surface area contributed by atoms with E-state index >= 15 is 0 Å². The van der Waals surface area contributed by atoms with Crippen LogP contribution in [-0.4, -0.2) is 30.5 Å². The number of ether oxygens (including phenoxy) is 1. The first-order chi connectivity index (χ1) is 10.7. The van der Waals surface area contributed by atoms with Crippen molar-refractivity contribution in [2.75, 3.05) is 19.7 Å². The summed E-state index contributed by atoms with van der Waals surface area (Å²) in [4.78, 5) is 14.2. The molecule has 5 nitrogen and oxygen atoms in total. The molecule has 0 aliphatic carbocycles. The van der Waals surface area contributed by atoms with Crippen molar-refractivity contribution in [1.29, 1.82) is 0 Å². The maximum absolute atomic E-state index is 13.3. The quantitative estimate of drug-likeness (QED) is 0.942. The molecule has 0 radical (unpaired) electrons. The molecule has 1 aromatic heterocycles. The van der Waals surface area contributed by atoms with Crippen molar-refractivity contribution < 1.29 is 18.3 Å². The lowest BCUT2D eigenvalue weighted by molar-refractivity contribution is -0.0229. The molecule has 116 valence electrons. The molecule has 1 saturated heterocycles. The Morgan fingerprint density at radius 1 is 1.41 bits per heavy atom. The number of hydrogen-bond acceptors (Lipinski definition) is 4. The van der Waals surface area contributed by atoms with E-state index in [-0.39, 0.29) is 24.4 Å². The summed E-state index contributed by atoms with van der Waals surface area (Å²) in [5, 5.41) is 0. The Morgan fingerprint density at radius 2 is 2.27 bits per heavy atom. The number of halogens is 1. The van der Waals surface area contributed by atoms with Gasteiger partial charge in [0.05, 0.1) is 25.3 Å². The molecule has 0 spiro atoms. The van der Waals surface area contributed by atoms with E-state index in [1.54, 1.807) is 23.1 Å². The van der Waals surface area contributed by atoms with Crippen LogP contribution in [0.5, 0.6) is 0 Å². The molecule has 1 aliphatic rings.